The number of nitrogen functional groups attached to an aromatic ring is 1. The van der Waals surface area contributed by atoms with Crippen LogP contribution in [0, 0.1) is 11.3 Å². The summed E-state index contributed by atoms with van der Waals surface area (Å²) in [6.07, 6.45) is 1.64. The molecular formula is C15H14N5O2+. The molecule has 0 aliphatic heterocycles. The van der Waals surface area contributed by atoms with Crippen LogP contribution in [0.15, 0.2) is 35.3 Å². The minimum absolute atomic E-state index is 0.233. The lowest BCUT2D eigenvalue weighted by Crippen LogP contribution is -2.42. The molecule has 0 saturated heterocycles. The van der Waals surface area contributed by atoms with E-state index >= 15 is 0 Å². The maximum atomic E-state index is 12.6. The average Bonchev–Trinajstić information content (AvgIpc) is 2.54. The molecule has 0 spiro atoms. The summed E-state index contributed by atoms with van der Waals surface area (Å²) < 4.78 is 8.16. The summed E-state index contributed by atoms with van der Waals surface area (Å²) in [5.41, 5.74) is 7.02. The van der Waals surface area contributed by atoms with Crippen LogP contribution in [0.3, 0.4) is 0 Å². The number of methoxy groups -OCH3 is 1. The van der Waals surface area contributed by atoms with Crippen LogP contribution in [0.25, 0.3) is 16.7 Å². The number of anilines is 1. The fourth-order valence-corrected chi connectivity index (χ4v) is 2.40. The fraction of sp³-hybridized carbons (Fsp3) is 0.200. The van der Waals surface area contributed by atoms with Gasteiger partial charge >= 0.3 is 0 Å². The first-order chi connectivity index (χ1) is 10.7. The lowest BCUT2D eigenvalue weighted by molar-refractivity contribution is -0.660. The van der Waals surface area contributed by atoms with Crippen molar-refractivity contribution in [3.63, 3.8) is 0 Å². The molecule has 3 heterocycles. The Hall–Kier alpha value is -2.98. The van der Waals surface area contributed by atoms with Gasteiger partial charge in [0, 0.05) is 13.3 Å². The Morgan fingerprint density at radius 2 is 2.32 bits per heavy atom. The summed E-state index contributed by atoms with van der Waals surface area (Å²) in [6, 6.07) is 8.81. The van der Waals surface area contributed by atoms with Crippen molar-refractivity contribution in [2.45, 2.75) is 6.54 Å². The van der Waals surface area contributed by atoms with Gasteiger partial charge in [-0.2, -0.15) is 5.26 Å². The van der Waals surface area contributed by atoms with Crippen LogP contribution in [0.4, 0.5) is 5.82 Å². The second-order valence-electron chi connectivity index (χ2n) is 4.78. The number of nitrogens with zero attached hydrogens (tertiary/aromatic N) is 4. The molecule has 0 aliphatic rings. The summed E-state index contributed by atoms with van der Waals surface area (Å²) in [5.74, 6) is 0.277. The van der Waals surface area contributed by atoms with Crippen LogP contribution in [-0.2, 0) is 11.3 Å². The Labute approximate surface area is 125 Å². The standard InChI is InChI=1S/C15H13N5O2/c1-22-7-6-20-13(17)10(9-16)8-11-14(20)18-12-4-2-3-5-19(12)15(11)21/h2-5,8,17H,6-7H2,1H3/p+1. The third-order valence-corrected chi connectivity index (χ3v) is 3.50. The first-order valence-electron chi connectivity index (χ1n) is 6.70. The number of nitriles is 1. The van der Waals surface area contributed by atoms with Crippen LogP contribution in [0.5, 0.6) is 0 Å². The third kappa shape index (κ3) is 2.06. The lowest BCUT2D eigenvalue weighted by Gasteiger charge is -2.08. The van der Waals surface area contributed by atoms with E-state index in [0.717, 1.165) is 0 Å². The van der Waals surface area contributed by atoms with E-state index in [4.69, 9.17) is 10.5 Å². The van der Waals surface area contributed by atoms with Crippen molar-refractivity contribution in [2.24, 2.45) is 0 Å². The second-order valence-corrected chi connectivity index (χ2v) is 4.78. The highest BCUT2D eigenvalue weighted by atomic mass is 16.5. The Morgan fingerprint density at radius 1 is 1.50 bits per heavy atom. The van der Waals surface area contributed by atoms with Gasteiger partial charge in [-0.3, -0.25) is 9.20 Å². The largest absolute Gasteiger partial charge is 0.381 e. The van der Waals surface area contributed by atoms with Gasteiger partial charge in [0.25, 0.3) is 11.2 Å². The van der Waals surface area contributed by atoms with E-state index in [1.807, 2.05) is 6.07 Å². The Bertz CT molecular complexity index is 971. The molecule has 0 aliphatic carbocycles. The summed E-state index contributed by atoms with van der Waals surface area (Å²) in [5, 5.41) is 9.58. The smallest absolute Gasteiger partial charge is 0.278 e. The van der Waals surface area contributed by atoms with Gasteiger partial charge in [-0.15, -0.1) is 0 Å². The van der Waals surface area contributed by atoms with Gasteiger partial charge in [0.05, 0.1) is 13.2 Å². The van der Waals surface area contributed by atoms with Crippen LogP contribution in [0.1, 0.15) is 5.56 Å². The number of fused-ring (bicyclic) bond motifs is 2. The molecule has 3 aromatic heterocycles. The van der Waals surface area contributed by atoms with Gasteiger partial charge in [-0.25, -0.2) is 4.57 Å². The minimum atomic E-state index is -0.233. The first kappa shape index (κ1) is 14.0. The molecule has 22 heavy (non-hydrogen) atoms. The van der Waals surface area contributed by atoms with Crippen molar-refractivity contribution in [3.8, 4) is 6.07 Å². The van der Waals surface area contributed by atoms with E-state index in [0.29, 0.717) is 29.8 Å². The van der Waals surface area contributed by atoms with Crippen molar-refractivity contribution in [1.82, 2.24) is 9.38 Å². The fourth-order valence-electron chi connectivity index (χ4n) is 2.40. The zero-order valence-corrected chi connectivity index (χ0v) is 12.0. The number of hydrogen-bond donors (Lipinski definition) is 1. The molecule has 110 valence electrons. The van der Waals surface area contributed by atoms with Crippen LogP contribution >= 0.6 is 0 Å². The molecule has 7 heteroatoms. The van der Waals surface area contributed by atoms with Crippen LogP contribution < -0.4 is 15.9 Å². The topological polar surface area (TPSA) is 97.3 Å². The molecule has 0 amide bonds. The molecule has 2 N–H and O–H groups in total. The van der Waals surface area contributed by atoms with E-state index < -0.39 is 0 Å². The monoisotopic (exact) mass is 296 g/mol. The van der Waals surface area contributed by atoms with Crippen molar-refractivity contribution in [1.29, 1.82) is 5.26 Å². The maximum Gasteiger partial charge on any atom is 0.278 e. The van der Waals surface area contributed by atoms with Gasteiger partial charge in [0.2, 0.25) is 11.5 Å². The van der Waals surface area contributed by atoms with Gasteiger partial charge in [0.15, 0.2) is 0 Å². The zero-order chi connectivity index (χ0) is 15.7. The number of nitrogens with two attached hydrogens (primary N) is 1. The van der Waals surface area contributed by atoms with Gasteiger partial charge < -0.3 is 10.5 Å². The summed E-state index contributed by atoms with van der Waals surface area (Å²) in [4.78, 5) is 17.1. The molecule has 0 bridgehead atoms. The van der Waals surface area contributed by atoms with Gasteiger partial charge in [0.1, 0.15) is 17.0 Å². The Kier molecular flexibility index (Phi) is 3.45. The van der Waals surface area contributed by atoms with Crippen LogP contribution in [0.2, 0.25) is 0 Å². The van der Waals surface area contributed by atoms with Crippen LogP contribution in [-0.4, -0.2) is 23.1 Å². The van der Waals surface area contributed by atoms with E-state index in [1.165, 1.54) is 10.5 Å². The lowest BCUT2D eigenvalue weighted by atomic mass is 10.2. The molecule has 7 nitrogen and oxygen atoms in total. The average molecular weight is 296 g/mol. The highest BCUT2D eigenvalue weighted by molar-refractivity contribution is 5.76. The molecule has 0 fully saturated rings. The van der Waals surface area contributed by atoms with E-state index in [1.54, 1.807) is 36.1 Å². The van der Waals surface area contributed by atoms with Crippen molar-refractivity contribution >= 4 is 22.5 Å². The van der Waals surface area contributed by atoms with Gasteiger partial charge in [-0.05, 0) is 18.2 Å². The normalized spacial score (nSPS) is 10.9. The SMILES string of the molecule is COCC[n+]1c(N)c(C#N)cc2c(=O)n3ccccc3nc21. The van der Waals surface area contributed by atoms with Crippen molar-refractivity contribution < 1.29 is 9.30 Å². The Balaban J connectivity index is 2.47. The summed E-state index contributed by atoms with van der Waals surface area (Å²) in [7, 11) is 1.57. The number of pyridine rings is 2. The highest BCUT2D eigenvalue weighted by Gasteiger charge is 2.20. The summed E-state index contributed by atoms with van der Waals surface area (Å²) in [6.45, 7) is 0.804. The Morgan fingerprint density at radius 3 is 3.05 bits per heavy atom. The molecule has 3 rings (SSSR count). The van der Waals surface area contributed by atoms with Gasteiger partial charge in [-0.1, -0.05) is 11.1 Å². The molecular weight excluding hydrogens is 282 g/mol. The minimum Gasteiger partial charge on any atom is -0.381 e. The molecule has 0 aromatic carbocycles. The maximum absolute atomic E-state index is 12.6. The molecule has 0 atom stereocenters. The second kappa shape index (κ2) is 5.42. The number of ether oxygens (including phenoxy) is 1. The van der Waals surface area contributed by atoms with E-state index in [2.05, 4.69) is 4.98 Å². The number of hydrogen-bond acceptors (Lipinski definition) is 5. The third-order valence-electron chi connectivity index (χ3n) is 3.50. The van der Waals surface area contributed by atoms with Crippen molar-refractivity contribution in [2.75, 3.05) is 19.5 Å². The molecule has 3 aromatic rings. The molecule has 0 saturated carbocycles. The molecule has 0 radical (unpaired) electrons. The first-order valence-corrected chi connectivity index (χ1v) is 6.70. The van der Waals surface area contributed by atoms with E-state index in [-0.39, 0.29) is 16.9 Å². The van der Waals surface area contributed by atoms with E-state index in [9.17, 15) is 10.1 Å². The zero-order valence-electron chi connectivity index (χ0n) is 12.0. The van der Waals surface area contributed by atoms with Crippen molar-refractivity contribution in [3.05, 3.63) is 46.4 Å². The number of aromatic nitrogens is 3. The quantitative estimate of drug-likeness (QED) is 0.551. The predicted molar refractivity (Wildman–Crippen MR) is 80.2 cm³/mol. The summed E-state index contributed by atoms with van der Waals surface area (Å²) >= 11 is 0. The predicted octanol–water partition coefficient (Wildman–Crippen LogP) is 0.235. The highest BCUT2D eigenvalue weighted by Crippen LogP contribution is 2.13. The number of rotatable bonds is 3. The molecule has 0 unspecified atom stereocenters.